The van der Waals surface area contributed by atoms with Crippen LogP contribution in [0.3, 0.4) is 0 Å². The van der Waals surface area contributed by atoms with Gasteiger partial charge in [-0.05, 0) is 31.4 Å². The van der Waals surface area contributed by atoms with E-state index in [1.165, 1.54) is 9.77 Å². The minimum absolute atomic E-state index is 0.333. The molecule has 0 saturated heterocycles. The Morgan fingerprint density at radius 2 is 2.17 bits per heavy atom. The largest absolute Gasteiger partial charge is 0.387 e. The third-order valence-electron chi connectivity index (χ3n) is 3.07. The van der Waals surface area contributed by atoms with Gasteiger partial charge in [0.05, 0.1) is 17.6 Å². The molecule has 0 radical (unpaired) electrons. The maximum Gasteiger partial charge on any atom is 0.103 e. The van der Waals surface area contributed by atoms with Gasteiger partial charge in [0, 0.05) is 9.77 Å². The molecule has 0 spiro atoms. The molecule has 1 atom stereocenters. The van der Waals surface area contributed by atoms with Crippen molar-refractivity contribution in [3.63, 3.8) is 0 Å². The lowest BCUT2D eigenvalue weighted by Crippen LogP contribution is -2.07. The fraction of sp³-hybridized carbons (Fsp3) is 0.357. The van der Waals surface area contributed by atoms with Gasteiger partial charge in [0.25, 0.3) is 0 Å². The van der Waals surface area contributed by atoms with Gasteiger partial charge in [0.15, 0.2) is 0 Å². The molecule has 1 heterocycles. The summed E-state index contributed by atoms with van der Waals surface area (Å²) in [4.78, 5) is 7.15. The van der Waals surface area contributed by atoms with Gasteiger partial charge in [-0.3, -0.25) is 0 Å². The van der Waals surface area contributed by atoms with E-state index in [0.717, 1.165) is 35.7 Å². The van der Waals surface area contributed by atoms with Crippen LogP contribution in [0.25, 0.3) is 0 Å². The number of aromatic nitrogens is 1. The van der Waals surface area contributed by atoms with Gasteiger partial charge in [0.2, 0.25) is 0 Å². The number of hydrogen-bond acceptors (Lipinski definition) is 4. The first-order valence-electron chi connectivity index (χ1n) is 6.17. The molecule has 1 aromatic heterocycles. The van der Waals surface area contributed by atoms with Gasteiger partial charge in [-0.1, -0.05) is 18.2 Å². The second-order valence-corrected chi connectivity index (χ2v) is 6.64. The van der Waals surface area contributed by atoms with Crippen molar-refractivity contribution in [2.24, 2.45) is 0 Å². The van der Waals surface area contributed by atoms with Gasteiger partial charge in [-0.25, -0.2) is 4.98 Å². The van der Waals surface area contributed by atoms with Gasteiger partial charge < -0.3 is 5.11 Å². The van der Waals surface area contributed by atoms with E-state index < -0.39 is 0 Å². The molecule has 94 valence electrons. The van der Waals surface area contributed by atoms with Crippen molar-refractivity contribution < 1.29 is 5.11 Å². The highest BCUT2D eigenvalue weighted by Gasteiger charge is 2.22. The van der Waals surface area contributed by atoms with Crippen molar-refractivity contribution in [1.29, 1.82) is 0 Å². The zero-order chi connectivity index (χ0) is 12.4. The van der Waals surface area contributed by atoms with Crippen molar-refractivity contribution in [1.82, 2.24) is 4.98 Å². The van der Waals surface area contributed by atoms with Crippen molar-refractivity contribution in [3.8, 4) is 0 Å². The molecule has 0 saturated carbocycles. The molecule has 1 aromatic carbocycles. The number of aliphatic hydroxyl groups excluding tert-OH is 1. The van der Waals surface area contributed by atoms with E-state index in [1.54, 1.807) is 23.1 Å². The fourth-order valence-electron chi connectivity index (χ4n) is 2.17. The number of thiazole rings is 1. The molecule has 1 aliphatic carbocycles. The standard InChI is InChI=1S/C14H15NOS2/c16-11-7-4-8-12-14(11)15-13(18-12)9-17-10-5-2-1-3-6-10/h1-3,5-6,11,16H,4,7-9H2. The molecule has 1 aliphatic rings. The molecule has 1 unspecified atom stereocenters. The smallest absolute Gasteiger partial charge is 0.103 e. The zero-order valence-corrected chi connectivity index (χ0v) is 11.6. The average molecular weight is 277 g/mol. The monoisotopic (exact) mass is 277 g/mol. The summed E-state index contributed by atoms with van der Waals surface area (Å²) >= 11 is 3.57. The number of thioether (sulfide) groups is 1. The first kappa shape index (κ1) is 12.2. The van der Waals surface area contributed by atoms with Crippen LogP contribution in [0.15, 0.2) is 35.2 Å². The Labute approximate surface area is 115 Å². The van der Waals surface area contributed by atoms with Crippen molar-refractivity contribution in [2.75, 3.05) is 0 Å². The summed E-state index contributed by atoms with van der Waals surface area (Å²) in [7, 11) is 0. The number of rotatable bonds is 3. The summed E-state index contributed by atoms with van der Waals surface area (Å²) in [5.74, 6) is 0.897. The van der Waals surface area contributed by atoms with Crippen molar-refractivity contribution in [2.45, 2.75) is 36.0 Å². The second kappa shape index (κ2) is 5.43. The van der Waals surface area contributed by atoms with Crippen molar-refractivity contribution >= 4 is 23.1 Å². The number of fused-ring (bicyclic) bond motifs is 1. The predicted octanol–water partition coefficient (Wildman–Crippen LogP) is 3.81. The number of aryl methyl sites for hydroxylation is 1. The van der Waals surface area contributed by atoms with E-state index in [4.69, 9.17) is 0 Å². The summed E-state index contributed by atoms with van der Waals surface area (Å²) in [5, 5.41) is 11.0. The van der Waals surface area contributed by atoms with Crippen molar-refractivity contribution in [3.05, 3.63) is 45.9 Å². The third kappa shape index (κ3) is 2.60. The van der Waals surface area contributed by atoms with Crippen LogP contribution in [0, 0.1) is 0 Å². The third-order valence-corrected chi connectivity index (χ3v) is 5.41. The molecule has 0 aliphatic heterocycles. The molecule has 1 N–H and O–H groups in total. The molecule has 3 rings (SSSR count). The lowest BCUT2D eigenvalue weighted by atomic mass is 10.0. The van der Waals surface area contributed by atoms with Crippen LogP contribution < -0.4 is 0 Å². The summed E-state index contributed by atoms with van der Waals surface area (Å²) in [6, 6.07) is 10.4. The summed E-state index contributed by atoms with van der Waals surface area (Å²) in [6.45, 7) is 0. The molecular formula is C14H15NOS2. The topological polar surface area (TPSA) is 33.1 Å². The number of aliphatic hydroxyl groups is 1. The number of nitrogens with zero attached hydrogens (tertiary/aromatic N) is 1. The quantitative estimate of drug-likeness (QED) is 0.866. The summed E-state index contributed by atoms with van der Waals surface area (Å²) in [5.41, 5.74) is 0.940. The minimum Gasteiger partial charge on any atom is -0.387 e. The Morgan fingerprint density at radius 3 is 2.94 bits per heavy atom. The van der Waals surface area contributed by atoms with Gasteiger partial charge in [0.1, 0.15) is 5.01 Å². The molecule has 0 fully saturated rings. The van der Waals surface area contributed by atoms with E-state index in [0.29, 0.717) is 0 Å². The maximum atomic E-state index is 9.90. The molecule has 2 aromatic rings. The Bertz CT molecular complexity index is 524. The van der Waals surface area contributed by atoms with Gasteiger partial charge in [-0.15, -0.1) is 23.1 Å². The SMILES string of the molecule is OC1CCCc2sc(CSc3ccccc3)nc21. The van der Waals surface area contributed by atoms with Crippen LogP contribution in [0.2, 0.25) is 0 Å². The van der Waals surface area contributed by atoms with Crippen LogP contribution in [0.5, 0.6) is 0 Å². The van der Waals surface area contributed by atoms with E-state index in [-0.39, 0.29) is 6.10 Å². The van der Waals surface area contributed by atoms with Gasteiger partial charge >= 0.3 is 0 Å². The zero-order valence-electron chi connectivity index (χ0n) is 10.0. The summed E-state index contributed by atoms with van der Waals surface area (Å²) < 4.78 is 0. The molecule has 18 heavy (non-hydrogen) atoms. The molecule has 4 heteroatoms. The normalized spacial score (nSPS) is 18.6. The van der Waals surface area contributed by atoms with E-state index in [9.17, 15) is 5.11 Å². The van der Waals surface area contributed by atoms with Crippen LogP contribution in [-0.4, -0.2) is 10.1 Å². The number of benzene rings is 1. The molecule has 0 amide bonds. The van der Waals surface area contributed by atoms with Gasteiger partial charge in [-0.2, -0.15) is 0 Å². The van der Waals surface area contributed by atoms with E-state index in [1.807, 2.05) is 6.07 Å². The lowest BCUT2D eigenvalue weighted by Gasteiger charge is -2.14. The number of hydrogen-bond donors (Lipinski definition) is 1. The highest BCUT2D eigenvalue weighted by Crippen LogP contribution is 2.35. The Balaban J connectivity index is 1.70. The van der Waals surface area contributed by atoms with E-state index >= 15 is 0 Å². The van der Waals surface area contributed by atoms with Crippen LogP contribution in [-0.2, 0) is 12.2 Å². The minimum atomic E-state index is -0.333. The maximum absolute atomic E-state index is 9.90. The van der Waals surface area contributed by atoms with Crippen LogP contribution in [0.4, 0.5) is 0 Å². The fourth-order valence-corrected chi connectivity index (χ4v) is 4.25. The highest BCUT2D eigenvalue weighted by atomic mass is 32.2. The molecular weight excluding hydrogens is 262 g/mol. The molecule has 0 bridgehead atoms. The van der Waals surface area contributed by atoms with E-state index in [2.05, 4.69) is 29.2 Å². The average Bonchev–Trinajstić information content (AvgIpc) is 2.82. The Morgan fingerprint density at radius 1 is 1.33 bits per heavy atom. The van der Waals surface area contributed by atoms with Crippen LogP contribution >= 0.6 is 23.1 Å². The Kier molecular flexibility index (Phi) is 3.68. The lowest BCUT2D eigenvalue weighted by molar-refractivity contribution is 0.153. The first-order valence-corrected chi connectivity index (χ1v) is 7.97. The highest BCUT2D eigenvalue weighted by molar-refractivity contribution is 7.98. The molecule has 2 nitrogen and oxygen atoms in total. The second-order valence-electron chi connectivity index (χ2n) is 4.43. The predicted molar refractivity (Wildman–Crippen MR) is 76.0 cm³/mol. The first-order chi connectivity index (χ1) is 8.83. The van der Waals surface area contributed by atoms with Crippen LogP contribution in [0.1, 0.15) is 34.5 Å². The Hall–Kier alpha value is -0.840. The summed E-state index contributed by atoms with van der Waals surface area (Å²) in [6.07, 6.45) is 2.70.